The first-order chi connectivity index (χ1) is 13.8. The fourth-order valence-corrected chi connectivity index (χ4v) is 3.66. The lowest BCUT2D eigenvalue weighted by atomic mass is 10.1. The zero-order valence-electron chi connectivity index (χ0n) is 15.8. The highest BCUT2D eigenvalue weighted by Crippen LogP contribution is 2.32. The number of nitrogens with zero attached hydrogens (tertiary/aromatic N) is 1. The lowest BCUT2D eigenvalue weighted by molar-refractivity contribution is 0.0925. The van der Waals surface area contributed by atoms with Gasteiger partial charge >= 0.3 is 0 Å². The molecule has 0 spiro atoms. The third-order valence-corrected chi connectivity index (χ3v) is 5.58. The highest BCUT2D eigenvalue weighted by Gasteiger charge is 2.37. The van der Waals surface area contributed by atoms with Gasteiger partial charge in [-0.15, -0.1) is 0 Å². The van der Waals surface area contributed by atoms with Crippen molar-refractivity contribution in [1.82, 2.24) is 0 Å². The third-order valence-electron chi connectivity index (χ3n) is 4.86. The summed E-state index contributed by atoms with van der Waals surface area (Å²) in [5.41, 5.74) is 3.90. The van der Waals surface area contributed by atoms with Gasteiger partial charge in [0.05, 0.1) is 16.8 Å². The number of amides is 3. The maximum atomic E-state index is 13.0. The molecule has 0 saturated carbocycles. The van der Waals surface area contributed by atoms with Gasteiger partial charge in [0.15, 0.2) is 0 Å². The van der Waals surface area contributed by atoms with Crippen LogP contribution in [0.25, 0.3) is 0 Å². The first-order valence-electron chi connectivity index (χ1n) is 9.02. The Balaban J connectivity index is 1.65. The number of nitrogens with one attached hydrogen (secondary N) is 1. The van der Waals surface area contributed by atoms with Gasteiger partial charge in [-0.25, -0.2) is 4.90 Å². The van der Waals surface area contributed by atoms with Crippen LogP contribution in [-0.2, 0) is 0 Å². The van der Waals surface area contributed by atoms with Gasteiger partial charge in [-0.2, -0.15) is 0 Å². The minimum absolute atomic E-state index is 0.242. The Kier molecular flexibility index (Phi) is 4.96. The maximum absolute atomic E-state index is 13.0. The molecule has 3 amide bonds. The second-order valence-corrected chi connectivity index (χ2v) is 8.20. The summed E-state index contributed by atoms with van der Waals surface area (Å²) < 4.78 is 1.06. The van der Waals surface area contributed by atoms with Gasteiger partial charge in [-0.05, 0) is 96.1 Å². The lowest BCUT2D eigenvalue weighted by Gasteiger charge is -2.17. The summed E-state index contributed by atoms with van der Waals surface area (Å²) in [5.74, 6) is -1.12. The molecule has 0 aliphatic carbocycles. The molecule has 0 fully saturated rings. The fraction of sp³-hybridized carbons (Fsp3) is 0.0870. The van der Waals surface area contributed by atoms with E-state index in [9.17, 15) is 14.4 Å². The van der Waals surface area contributed by atoms with Crippen LogP contribution in [0.2, 0.25) is 0 Å². The molecule has 5 nitrogen and oxygen atoms in total. The first-order valence-corrected chi connectivity index (χ1v) is 10.1. The minimum atomic E-state index is -0.414. The van der Waals surface area contributed by atoms with Crippen molar-refractivity contribution in [1.29, 1.82) is 0 Å². The number of carbonyl (C=O) groups excluding carboxylic acids is 3. The predicted octanol–water partition coefficient (Wildman–Crippen LogP) is 4.96. The summed E-state index contributed by atoms with van der Waals surface area (Å²) in [6, 6.07) is 17.6. The molecule has 0 saturated heterocycles. The molecule has 0 unspecified atom stereocenters. The first kappa shape index (κ1) is 19.3. The molecule has 6 heteroatoms. The minimum Gasteiger partial charge on any atom is -0.322 e. The Morgan fingerprint density at radius 1 is 0.862 bits per heavy atom. The number of rotatable bonds is 3. The van der Waals surface area contributed by atoms with Crippen LogP contribution < -0.4 is 10.2 Å². The van der Waals surface area contributed by atoms with Crippen molar-refractivity contribution in [3.8, 4) is 0 Å². The van der Waals surface area contributed by atoms with Crippen LogP contribution in [0.3, 0.4) is 0 Å². The van der Waals surface area contributed by atoms with E-state index in [-0.39, 0.29) is 17.4 Å². The Morgan fingerprint density at radius 2 is 1.55 bits per heavy atom. The topological polar surface area (TPSA) is 66.5 Å². The normalized spacial score (nSPS) is 12.9. The quantitative estimate of drug-likeness (QED) is 0.412. The number of fused-ring (bicyclic) bond motifs is 1. The van der Waals surface area contributed by atoms with Crippen LogP contribution >= 0.6 is 22.6 Å². The Hall–Kier alpha value is -3.00. The van der Waals surface area contributed by atoms with E-state index in [2.05, 4.69) is 27.9 Å². The average molecular weight is 496 g/mol. The van der Waals surface area contributed by atoms with Crippen LogP contribution in [0.4, 0.5) is 11.4 Å². The highest BCUT2D eigenvalue weighted by molar-refractivity contribution is 14.1. The fourth-order valence-electron chi connectivity index (χ4n) is 3.30. The molecule has 0 atom stereocenters. The number of halogens is 1. The van der Waals surface area contributed by atoms with E-state index in [0.29, 0.717) is 22.5 Å². The largest absolute Gasteiger partial charge is 0.322 e. The van der Waals surface area contributed by atoms with Crippen molar-refractivity contribution in [2.75, 3.05) is 10.2 Å². The number of benzene rings is 3. The van der Waals surface area contributed by atoms with Crippen molar-refractivity contribution in [2.24, 2.45) is 0 Å². The van der Waals surface area contributed by atoms with E-state index in [0.717, 1.165) is 14.7 Å². The monoisotopic (exact) mass is 496 g/mol. The van der Waals surface area contributed by atoms with Crippen LogP contribution in [0.5, 0.6) is 0 Å². The van der Waals surface area contributed by atoms with Crippen molar-refractivity contribution >= 4 is 51.7 Å². The lowest BCUT2D eigenvalue weighted by Crippen LogP contribution is -2.30. The SMILES string of the molecule is Cc1ccc(C)c(N2C(=O)c3ccc(C(=O)Nc4ccc(I)cc4)cc3C2=O)c1. The molecular formula is C23H17IN2O3. The molecule has 3 aromatic carbocycles. The van der Waals surface area contributed by atoms with E-state index >= 15 is 0 Å². The molecule has 0 aromatic heterocycles. The molecule has 1 aliphatic rings. The van der Waals surface area contributed by atoms with Crippen LogP contribution in [0.15, 0.2) is 60.7 Å². The molecule has 1 heterocycles. The number of imide groups is 1. The summed E-state index contributed by atoms with van der Waals surface area (Å²) >= 11 is 2.19. The van der Waals surface area contributed by atoms with Crippen molar-refractivity contribution in [2.45, 2.75) is 13.8 Å². The van der Waals surface area contributed by atoms with Gasteiger partial charge in [0, 0.05) is 14.8 Å². The second kappa shape index (κ2) is 7.44. The Bertz CT molecular complexity index is 1170. The third kappa shape index (κ3) is 3.55. The maximum Gasteiger partial charge on any atom is 0.266 e. The van der Waals surface area contributed by atoms with E-state index in [1.54, 1.807) is 12.1 Å². The zero-order valence-corrected chi connectivity index (χ0v) is 18.0. The van der Waals surface area contributed by atoms with Gasteiger partial charge < -0.3 is 5.32 Å². The number of anilines is 2. The smallest absolute Gasteiger partial charge is 0.266 e. The van der Waals surface area contributed by atoms with Gasteiger partial charge in [0.25, 0.3) is 17.7 Å². The highest BCUT2D eigenvalue weighted by atomic mass is 127. The molecule has 0 radical (unpaired) electrons. The molecule has 144 valence electrons. The van der Waals surface area contributed by atoms with Gasteiger partial charge in [-0.3, -0.25) is 14.4 Å². The van der Waals surface area contributed by atoms with Crippen LogP contribution in [0.1, 0.15) is 42.2 Å². The number of aryl methyl sites for hydroxylation is 2. The molecule has 3 aromatic rings. The molecule has 4 rings (SSSR count). The van der Waals surface area contributed by atoms with E-state index in [1.165, 1.54) is 11.0 Å². The van der Waals surface area contributed by atoms with Crippen molar-refractivity contribution in [3.05, 3.63) is 92.1 Å². The zero-order chi connectivity index (χ0) is 20.7. The van der Waals surface area contributed by atoms with Gasteiger partial charge in [0.2, 0.25) is 0 Å². The molecule has 0 bridgehead atoms. The van der Waals surface area contributed by atoms with Crippen LogP contribution in [0, 0.1) is 17.4 Å². The van der Waals surface area contributed by atoms with Crippen molar-refractivity contribution < 1.29 is 14.4 Å². The van der Waals surface area contributed by atoms with Crippen molar-refractivity contribution in [3.63, 3.8) is 0 Å². The second-order valence-electron chi connectivity index (χ2n) is 6.96. The Morgan fingerprint density at radius 3 is 2.28 bits per heavy atom. The average Bonchev–Trinajstić information content (AvgIpc) is 2.95. The summed E-state index contributed by atoms with van der Waals surface area (Å²) in [6.07, 6.45) is 0. The van der Waals surface area contributed by atoms with Gasteiger partial charge in [0.1, 0.15) is 0 Å². The van der Waals surface area contributed by atoms with E-state index in [1.807, 2.05) is 56.3 Å². The van der Waals surface area contributed by atoms with Crippen LogP contribution in [-0.4, -0.2) is 17.7 Å². The molecular weight excluding hydrogens is 479 g/mol. The number of hydrogen-bond acceptors (Lipinski definition) is 3. The molecule has 1 N–H and O–H groups in total. The number of hydrogen-bond donors (Lipinski definition) is 1. The van der Waals surface area contributed by atoms with Gasteiger partial charge in [-0.1, -0.05) is 12.1 Å². The van der Waals surface area contributed by atoms with E-state index < -0.39 is 5.91 Å². The number of carbonyl (C=O) groups is 3. The summed E-state index contributed by atoms with van der Waals surface area (Å²) in [5, 5.41) is 2.81. The van der Waals surface area contributed by atoms with E-state index in [4.69, 9.17) is 0 Å². The standard InChI is InChI=1S/C23H17IN2O3/c1-13-3-4-14(2)20(11-13)26-22(28)18-10-5-15(12-19(18)23(26)29)21(27)25-17-8-6-16(24)7-9-17/h3-12H,1-2H3,(H,25,27). The predicted molar refractivity (Wildman–Crippen MR) is 121 cm³/mol. The summed E-state index contributed by atoms with van der Waals surface area (Å²) in [7, 11) is 0. The Labute approximate surface area is 181 Å². The molecule has 1 aliphatic heterocycles. The summed E-state index contributed by atoms with van der Waals surface area (Å²) in [4.78, 5) is 39.7. The molecule has 29 heavy (non-hydrogen) atoms. The summed E-state index contributed by atoms with van der Waals surface area (Å²) in [6.45, 7) is 3.77.